The number of nitrogens with zero attached hydrogens (tertiary/aromatic N) is 2. The largest absolute Gasteiger partial charge is 0.316 e. The zero-order valence-electron chi connectivity index (χ0n) is 11.0. The van der Waals surface area contributed by atoms with Crippen LogP contribution in [0.5, 0.6) is 0 Å². The van der Waals surface area contributed by atoms with Crippen molar-refractivity contribution in [3.05, 3.63) is 47.3 Å². The number of nitrogens with one attached hydrogen (secondary N) is 1. The van der Waals surface area contributed by atoms with Crippen molar-refractivity contribution < 1.29 is 0 Å². The first-order valence-corrected chi connectivity index (χ1v) is 6.58. The zero-order chi connectivity index (χ0) is 12.5. The van der Waals surface area contributed by atoms with Gasteiger partial charge in [-0.05, 0) is 44.5 Å². The molecule has 1 fully saturated rings. The highest BCUT2D eigenvalue weighted by atomic mass is 15.3. The van der Waals surface area contributed by atoms with Crippen LogP contribution in [0.4, 0.5) is 0 Å². The van der Waals surface area contributed by atoms with E-state index in [4.69, 9.17) is 0 Å². The maximum Gasteiger partial charge on any atom is 0.0651 e. The van der Waals surface area contributed by atoms with Crippen LogP contribution in [0.2, 0.25) is 0 Å². The summed E-state index contributed by atoms with van der Waals surface area (Å²) in [4.78, 5) is 0. The molecule has 1 aliphatic rings. The number of aromatic nitrogens is 2. The monoisotopic (exact) mass is 241 g/mol. The Morgan fingerprint density at radius 1 is 1.39 bits per heavy atom. The molecule has 0 aliphatic heterocycles. The number of benzene rings is 1. The van der Waals surface area contributed by atoms with Crippen LogP contribution >= 0.6 is 0 Å². The fourth-order valence-electron chi connectivity index (χ4n) is 2.48. The molecule has 1 N–H and O–H groups in total. The molecule has 0 amide bonds. The third-order valence-corrected chi connectivity index (χ3v) is 3.46. The van der Waals surface area contributed by atoms with Gasteiger partial charge in [0.05, 0.1) is 17.6 Å². The van der Waals surface area contributed by atoms with Gasteiger partial charge in [-0.1, -0.05) is 12.1 Å². The fraction of sp³-hybridized carbons (Fsp3) is 0.400. The number of hydrogen-bond donors (Lipinski definition) is 1. The fourth-order valence-corrected chi connectivity index (χ4v) is 2.48. The molecule has 18 heavy (non-hydrogen) atoms. The predicted molar refractivity (Wildman–Crippen MR) is 73.0 cm³/mol. The van der Waals surface area contributed by atoms with E-state index in [1.807, 2.05) is 13.2 Å². The molecular formula is C15H19N3. The van der Waals surface area contributed by atoms with Gasteiger partial charge in [0, 0.05) is 18.0 Å². The van der Waals surface area contributed by atoms with E-state index in [1.165, 1.54) is 35.3 Å². The highest BCUT2D eigenvalue weighted by Gasteiger charge is 2.30. The maximum absolute atomic E-state index is 4.58. The third kappa shape index (κ3) is 2.06. The Balaban J connectivity index is 2.06. The minimum atomic E-state index is 0.705. The molecular weight excluding hydrogens is 222 g/mol. The minimum Gasteiger partial charge on any atom is -0.316 e. The summed E-state index contributed by atoms with van der Waals surface area (Å²) in [7, 11) is 1.99. The van der Waals surface area contributed by atoms with Gasteiger partial charge < -0.3 is 5.32 Å². The second-order valence-electron chi connectivity index (χ2n) is 5.11. The summed E-state index contributed by atoms with van der Waals surface area (Å²) >= 11 is 0. The van der Waals surface area contributed by atoms with Gasteiger partial charge in [0.15, 0.2) is 0 Å². The molecule has 1 heterocycles. The van der Waals surface area contributed by atoms with Crippen molar-refractivity contribution in [2.45, 2.75) is 32.2 Å². The Kier molecular flexibility index (Phi) is 2.92. The standard InChI is InChI=1S/C15H19N3/c1-11-4-3-5-14(8-11)18-15(12-6-7-12)13(9-16-2)10-17-18/h3-5,8,10,12,16H,6-7,9H2,1-2H3. The summed E-state index contributed by atoms with van der Waals surface area (Å²) in [5, 5.41) is 7.81. The van der Waals surface area contributed by atoms with E-state index in [2.05, 4.69) is 46.3 Å². The molecule has 0 atom stereocenters. The number of aryl methyl sites for hydroxylation is 1. The highest BCUT2D eigenvalue weighted by molar-refractivity contribution is 5.40. The van der Waals surface area contributed by atoms with Gasteiger partial charge in [0.2, 0.25) is 0 Å². The van der Waals surface area contributed by atoms with E-state index >= 15 is 0 Å². The Bertz CT molecular complexity index is 553. The molecule has 1 saturated carbocycles. The lowest BCUT2D eigenvalue weighted by Crippen LogP contribution is -2.08. The number of rotatable bonds is 4. The lowest BCUT2D eigenvalue weighted by Gasteiger charge is -2.09. The van der Waals surface area contributed by atoms with Crippen LogP contribution in [-0.4, -0.2) is 16.8 Å². The van der Waals surface area contributed by atoms with Crippen molar-refractivity contribution in [3.8, 4) is 5.69 Å². The van der Waals surface area contributed by atoms with E-state index in [0.717, 1.165) is 6.54 Å². The molecule has 0 saturated heterocycles. The molecule has 3 nitrogen and oxygen atoms in total. The van der Waals surface area contributed by atoms with Gasteiger partial charge in [-0.2, -0.15) is 5.10 Å². The smallest absolute Gasteiger partial charge is 0.0651 e. The third-order valence-electron chi connectivity index (χ3n) is 3.46. The topological polar surface area (TPSA) is 29.9 Å². The molecule has 3 heteroatoms. The average Bonchev–Trinajstić information content (AvgIpc) is 3.11. The van der Waals surface area contributed by atoms with Gasteiger partial charge in [0.1, 0.15) is 0 Å². The maximum atomic E-state index is 4.58. The highest BCUT2D eigenvalue weighted by Crippen LogP contribution is 2.42. The van der Waals surface area contributed by atoms with Crippen LogP contribution in [-0.2, 0) is 6.54 Å². The first-order valence-electron chi connectivity index (χ1n) is 6.58. The van der Waals surface area contributed by atoms with Crippen molar-refractivity contribution in [2.24, 2.45) is 0 Å². The molecule has 0 bridgehead atoms. The van der Waals surface area contributed by atoms with Gasteiger partial charge in [-0.3, -0.25) is 0 Å². The van der Waals surface area contributed by atoms with Crippen LogP contribution in [0.15, 0.2) is 30.5 Å². The van der Waals surface area contributed by atoms with Crippen LogP contribution in [0, 0.1) is 6.92 Å². The van der Waals surface area contributed by atoms with E-state index in [0.29, 0.717) is 5.92 Å². The summed E-state index contributed by atoms with van der Waals surface area (Å²) in [6.45, 7) is 3.02. The first kappa shape index (κ1) is 11.5. The molecule has 1 aromatic carbocycles. The quantitative estimate of drug-likeness (QED) is 0.892. The molecule has 3 rings (SSSR count). The second-order valence-corrected chi connectivity index (χ2v) is 5.11. The Morgan fingerprint density at radius 3 is 2.89 bits per heavy atom. The van der Waals surface area contributed by atoms with Crippen LogP contribution < -0.4 is 5.32 Å². The molecule has 1 aliphatic carbocycles. The summed E-state index contributed by atoms with van der Waals surface area (Å²) in [5.41, 5.74) is 5.19. The Morgan fingerprint density at radius 2 is 2.22 bits per heavy atom. The molecule has 94 valence electrons. The van der Waals surface area contributed by atoms with Crippen molar-refractivity contribution in [1.82, 2.24) is 15.1 Å². The SMILES string of the molecule is CNCc1cnn(-c2cccc(C)c2)c1C1CC1. The van der Waals surface area contributed by atoms with Gasteiger partial charge in [-0.25, -0.2) is 4.68 Å². The lowest BCUT2D eigenvalue weighted by atomic mass is 10.1. The normalized spacial score (nSPS) is 15.0. The van der Waals surface area contributed by atoms with Gasteiger partial charge >= 0.3 is 0 Å². The molecule has 1 aromatic heterocycles. The Hall–Kier alpha value is -1.61. The molecule has 0 unspecified atom stereocenters. The van der Waals surface area contributed by atoms with Crippen LogP contribution in [0.25, 0.3) is 5.69 Å². The summed E-state index contributed by atoms with van der Waals surface area (Å²) < 4.78 is 2.12. The van der Waals surface area contributed by atoms with E-state index in [1.54, 1.807) is 0 Å². The average molecular weight is 241 g/mol. The van der Waals surface area contributed by atoms with Crippen molar-refractivity contribution in [3.63, 3.8) is 0 Å². The van der Waals surface area contributed by atoms with E-state index in [-0.39, 0.29) is 0 Å². The summed E-state index contributed by atoms with van der Waals surface area (Å²) in [6, 6.07) is 8.55. The van der Waals surface area contributed by atoms with Gasteiger partial charge in [0.25, 0.3) is 0 Å². The summed E-state index contributed by atoms with van der Waals surface area (Å²) in [5.74, 6) is 0.705. The van der Waals surface area contributed by atoms with E-state index < -0.39 is 0 Å². The van der Waals surface area contributed by atoms with Crippen LogP contribution in [0.3, 0.4) is 0 Å². The van der Waals surface area contributed by atoms with E-state index in [9.17, 15) is 0 Å². The van der Waals surface area contributed by atoms with Crippen molar-refractivity contribution in [2.75, 3.05) is 7.05 Å². The number of hydrogen-bond acceptors (Lipinski definition) is 2. The van der Waals surface area contributed by atoms with Crippen LogP contribution in [0.1, 0.15) is 35.6 Å². The van der Waals surface area contributed by atoms with Crippen molar-refractivity contribution in [1.29, 1.82) is 0 Å². The second kappa shape index (κ2) is 4.58. The van der Waals surface area contributed by atoms with Crippen molar-refractivity contribution >= 4 is 0 Å². The molecule has 2 aromatic rings. The summed E-state index contributed by atoms with van der Waals surface area (Å²) in [6.07, 6.45) is 4.61. The predicted octanol–water partition coefficient (Wildman–Crippen LogP) is 2.78. The molecule has 0 spiro atoms. The molecule has 0 radical (unpaired) electrons. The lowest BCUT2D eigenvalue weighted by molar-refractivity contribution is 0.774. The zero-order valence-corrected chi connectivity index (χ0v) is 11.0. The minimum absolute atomic E-state index is 0.705. The van der Waals surface area contributed by atoms with Gasteiger partial charge in [-0.15, -0.1) is 0 Å². The Labute approximate surface area is 108 Å². The first-order chi connectivity index (χ1) is 8.79.